The molecule has 4 nitrogen and oxygen atoms in total. The molecular weight excluding hydrogens is 282 g/mol. The van der Waals surface area contributed by atoms with Crippen LogP contribution in [-0.2, 0) is 19.1 Å². The van der Waals surface area contributed by atoms with Crippen LogP contribution >= 0.6 is 0 Å². The van der Waals surface area contributed by atoms with Gasteiger partial charge in [0.1, 0.15) is 24.8 Å². The third kappa shape index (κ3) is 6.47. The van der Waals surface area contributed by atoms with Crippen LogP contribution in [0.5, 0.6) is 0 Å². The van der Waals surface area contributed by atoms with Crippen molar-refractivity contribution in [3.63, 3.8) is 0 Å². The Bertz CT molecular complexity index is 559. The molecule has 0 amide bonds. The number of rotatable bonds is 6. The van der Waals surface area contributed by atoms with Gasteiger partial charge in [-0.2, -0.15) is 0 Å². The van der Waals surface area contributed by atoms with Gasteiger partial charge in [-0.25, -0.2) is 18.4 Å². The molecule has 0 fully saturated rings. The van der Waals surface area contributed by atoms with Crippen molar-refractivity contribution < 1.29 is 27.8 Å². The van der Waals surface area contributed by atoms with E-state index in [1.165, 1.54) is 13.0 Å². The van der Waals surface area contributed by atoms with Gasteiger partial charge in [0.25, 0.3) is 0 Å². The lowest BCUT2D eigenvalue weighted by Gasteiger charge is -2.04. The first kappa shape index (κ1) is 16.6. The van der Waals surface area contributed by atoms with E-state index in [2.05, 4.69) is 6.58 Å². The van der Waals surface area contributed by atoms with Crippen molar-refractivity contribution in [1.82, 2.24) is 0 Å². The van der Waals surface area contributed by atoms with E-state index in [0.717, 1.165) is 24.3 Å². The highest BCUT2D eigenvalue weighted by molar-refractivity contribution is 5.87. The first-order valence-electron chi connectivity index (χ1n) is 6.02. The Kier molecular flexibility index (Phi) is 6.26. The number of carbonyl (C=O) groups is 2. The molecule has 0 aliphatic carbocycles. The number of halogens is 2. The molecule has 0 aromatic heterocycles. The zero-order valence-corrected chi connectivity index (χ0v) is 11.4. The molecule has 0 bridgehead atoms. The highest BCUT2D eigenvalue weighted by Crippen LogP contribution is 2.09. The van der Waals surface area contributed by atoms with Gasteiger partial charge in [0.15, 0.2) is 0 Å². The second-order valence-electron chi connectivity index (χ2n) is 4.12. The average Bonchev–Trinajstić information content (AvgIpc) is 2.40. The van der Waals surface area contributed by atoms with Crippen molar-refractivity contribution in [2.75, 3.05) is 13.2 Å². The number of ether oxygens (including phenoxy) is 2. The molecule has 0 unspecified atom stereocenters. The third-order valence-electron chi connectivity index (χ3n) is 2.21. The van der Waals surface area contributed by atoms with Crippen molar-refractivity contribution in [2.45, 2.75) is 6.92 Å². The molecule has 1 aromatic rings. The van der Waals surface area contributed by atoms with E-state index in [-0.39, 0.29) is 24.4 Å². The van der Waals surface area contributed by atoms with E-state index in [4.69, 9.17) is 9.47 Å². The molecule has 1 aromatic carbocycles. The van der Waals surface area contributed by atoms with Crippen LogP contribution in [0.3, 0.4) is 0 Å². The Balaban J connectivity index is 2.38. The zero-order chi connectivity index (χ0) is 15.8. The smallest absolute Gasteiger partial charge is 0.333 e. The Morgan fingerprint density at radius 2 is 1.71 bits per heavy atom. The second-order valence-corrected chi connectivity index (χ2v) is 4.12. The zero-order valence-electron chi connectivity index (χ0n) is 11.4. The molecule has 1 rings (SSSR count). The first-order valence-corrected chi connectivity index (χ1v) is 6.02. The number of hydrogen-bond donors (Lipinski definition) is 0. The monoisotopic (exact) mass is 296 g/mol. The molecule has 6 heteroatoms. The van der Waals surface area contributed by atoms with Gasteiger partial charge < -0.3 is 9.47 Å². The van der Waals surface area contributed by atoms with Crippen LogP contribution < -0.4 is 0 Å². The summed E-state index contributed by atoms with van der Waals surface area (Å²) in [5.41, 5.74) is 0.438. The van der Waals surface area contributed by atoms with Crippen molar-refractivity contribution in [2.24, 2.45) is 0 Å². The molecule has 0 spiro atoms. The van der Waals surface area contributed by atoms with Gasteiger partial charge >= 0.3 is 11.9 Å². The molecule has 0 N–H and O–H groups in total. The number of hydrogen-bond acceptors (Lipinski definition) is 4. The van der Waals surface area contributed by atoms with Crippen LogP contribution in [-0.4, -0.2) is 25.2 Å². The lowest BCUT2D eigenvalue weighted by molar-refractivity contribution is -0.146. The summed E-state index contributed by atoms with van der Waals surface area (Å²) in [7, 11) is 0. The summed E-state index contributed by atoms with van der Waals surface area (Å²) in [5.74, 6) is -2.77. The molecule has 0 radical (unpaired) electrons. The minimum Gasteiger partial charge on any atom is -0.459 e. The van der Waals surface area contributed by atoms with Crippen LogP contribution in [0.1, 0.15) is 12.5 Å². The van der Waals surface area contributed by atoms with Crippen molar-refractivity contribution in [3.05, 3.63) is 53.6 Å². The maximum atomic E-state index is 12.9. The fourth-order valence-electron chi connectivity index (χ4n) is 1.28. The van der Waals surface area contributed by atoms with E-state index in [1.807, 2.05) is 0 Å². The topological polar surface area (TPSA) is 52.6 Å². The number of esters is 2. The first-order chi connectivity index (χ1) is 9.88. The highest BCUT2D eigenvalue weighted by atomic mass is 19.1. The van der Waals surface area contributed by atoms with Crippen molar-refractivity contribution in [3.8, 4) is 0 Å². The summed E-state index contributed by atoms with van der Waals surface area (Å²) in [6.07, 6.45) is 2.24. The quantitative estimate of drug-likeness (QED) is 0.460. The fraction of sp³-hybridized carbons (Fsp3) is 0.200. The Labute approximate surface area is 120 Å². The van der Waals surface area contributed by atoms with Crippen LogP contribution in [0.4, 0.5) is 8.78 Å². The van der Waals surface area contributed by atoms with E-state index >= 15 is 0 Å². The Hall–Kier alpha value is -2.50. The molecule has 0 heterocycles. The lowest BCUT2D eigenvalue weighted by atomic mass is 10.2. The van der Waals surface area contributed by atoms with Crippen molar-refractivity contribution in [1.29, 1.82) is 0 Å². The summed E-state index contributed by atoms with van der Waals surface area (Å²) in [6.45, 7) is 4.66. The van der Waals surface area contributed by atoms with Crippen molar-refractivity contribution >= 4 is 18.0 Å². The minimum absolute atomic E-state index is 0.0974. The van der Waals surface area contributed by atoms with Crippen LogP contribution in [0.15, 0.2) is 36.4 Å². The summed E-state index contributed by atoms with van der Waals surface area (Å²) >= 11 is 0. The molecular formula is C15H14F2O4. The summed E-state index contributed by atoms with van der Waals surface area (Å²) in [6, 6.07) is 2.87. The van der Waals surface area contributed by atoms with E-state index in [0.29, 0.717) is 0 Å². The van der Waals surface area contributed by atoms with E-state index in [9.17, 15) is 18.4 Å². The third-order valence-corrected chi connectivity index (χ3v) is 2.21. The minimum atomic E-state index is -0.741. The van der Waals surface area contributed by atoms with E-state index in [1.54, 1.807) is 0 Å². The predicted octanol–water partition coefficient (Wildman–Crippen LogP) is 2.64. The lowest BCUT2D eigenvalue weighted by Crippen LogP contribution is -2.12. The normalized spacial score (nSPS) is 10.4. The maximum absolute atomic E-state index is 12.9. The maximum Gasteiger partial charge on any atom is 0.333 e. The largest absolute Gasteiger partial charge is 0.459 e. The van der Waals surface area contributed by atoms with Gasteiger partial charge in [0.2, 0.25) is 0 Å². The van der Waals surface area contributed by atoms with Gasteiger partial charge in [0, 0.05) is 17.7 Å². The molecule has 0 saturated heterocycles. The van der Waals surface area contributed by atoms with Gasteiger partial charge in [-0.15, -0.1) is 0 Å². The molecule has 112 valence electrons. The van der Waals surface area contributed by atoms with Gasteiger partial charge in [-0.05, 0) is 30.7 Å². The Morgan fingerprint density at radius 1 is 1.14 bits per heavy atom. The molecule has 0 saturated carbocycles. The van der Waals surface area contributed by atoms with Crippen LogP contribution in [0.25, 0.3) is 6.08 Å². The predicted molar refractivity (Wildman–Crippen MR) is 72.1 cm³/mol. The second kappa shape index (κ2) is 7.94. The standard InChI is InChI=1S/C15H14F2O4/c1-10(2)15(19)21-6-5-20-14(18)4-3-11-7-12(16)9-13(17)8-11/h3-4,7-9H,1,5-6H2,2H3/b4-3+. The van der Waals surface area contributed by atoms with Crippen LogP contribution in [0, 0.1) is 11.6 Å². The molecule has 0 aliphatic rings. The number of carbonyl (C=O) groups excluding carboxylic acids is 2. The van der Waals surface area contributed by atoms with E-state index < -0.39 is 23.6 Å². The molecule has 0 atom stereocenters. The SMILES string of the molecule is C=C(C)C(=O)OCCOC(=O)/C=C/c1cc(F)cc(F)c1. The molecule has 0 aliphatic heterocycles. The van der Waals surface area contributed by atoms with Gasteiger partial charge in [0.05, 0.1) is 0 Å². The van der Waals surface area contributed by atoms with Gasteiger partial charge in [-0.1, -0.05) is 6.58 Å². The van der Waals surface area contributed by atoms with Gasteiger partial charge in [-0.3, -0.25) is 0 Å². The fourth-order valence-corrected chi connectivity index (χ4v) is 1.28. The Morgan fingerprint density at radius 3 is 2.29 bits per heavy atom. The number of benzene rings is 1. The summed E-state index contributed by atoms with van der Waals surface area (Å²) in [5, 5.41) is 0. The highest BCUT2D eigenvalue weighted by Gasteiger charge is 2.04. The summed E-state index contributed by atoms with van der Waals surface area (Å²) in [4.78, 5) is 22.3. The molecule has 21 heavy (non-hydrogen) atoms. The summed E-state index contributed by atoms with van der Waals surface area (Å²) < 4.78 is 35.2. The average molecular weight is 296 g/mol. The van der Waals surface area contributed by atoms with Crippen LogP contribution in [0.2, 0.25) is 0 Å².